The minimum absolute atomic E-state index is 0.111. The third-order valence-electron chi connectivity index (χ3n) is 2.06. The number of carboxylic acids is 1. The van der Waals surface area contributed by atoms with E-state index in [1.807, 2.05) is 6.07 Å². The van der Waals surface area contributed by atoms with Crippen molar-refractivity contribution in [2.75, 3.05) is 5.73 Å². The zero-order valence-corrected chi connectivity index (χ0v) is 10.6. The lowest BCUT2D eigenvalue weighted by molar-refractivity contribution is 0.0697. The first-order valence-corrected chi connectivity index (χ1v) is 6.04. The summed E-state index contributed by atoms with van der Waals surface area (Å²) in [5.41, 5.74) is 7.02. The summed E-state index contributed by atoms with van der Waals surface area (Å²) in [5.74, 6) is -0.293. The highest BCUT2D eigenvalue weighted by atomic mass is 32.2. The van der Waals surface area contributed by atoms with Gasteiger partial charge in [-0.1, -0.05) is 32.9 Å². The van der Waals surface area contributed by atoms with Crippen molar-refractivity contribution in [2.45, 2.75) is 31.3 Å². The van der Waals surface area contributed by atoms with E-state index in [1.165, 1.54) is 0 Å². The Bertz CT molecular complexity index is 396. The van der Waals surface area contributed by atoms with Crippen LogP contribution in [-0.4, -0.2) is 15.8 Å². The van der Waals surface area contributed by atoms with Gasteiger partial charge in [-0.05, 0) is 11.6 Å². The molecule has 1 rings (SSSR count). The van der Waals surface area contributed by atoms with Crippen LogP contribution in [0.15, 0.2) is 18.2 Å². The fourth-order valence-electron chi connectivity index (χ4n) is 1.30. The van der Waals surface area contributed by atoms with E-state index in [1.54, 1.807) is 23.9 Å². The number of hydrogen-bond donors (Lipinski definition) is 2. The van der Waals surface area contributed by atoms with Gasteiger partial charge in [0.25, 0.3) is 0 Å². The number of nitrogen functional groups attached to an aromatic ring is 1. The van der Waals surface area contributed by atoms with Crippen molar-refractivity contribution in [3.05, 3.63) is 29.3 Å². The maximum atomic E-state index is 11.1. The lowest BCUT2D eigenvalue weighted by atomic mass is 10.1. The van der Waals surface area contributed by atoms with Crippen molar-refractivity contribution in [1.82, 2.24) is 0 Å². The first-order chi connectivity index (χ1) is 7.31. The molecule has 16 heavy (non-hydrogen) atoms. The molecule has 0 aliphatic carbocycles. The summed E-state index contributed by atoms with van der Waals surface area (Å²) in [6.45, 7) is 6.30. The molecule has 0 amide bonds. The molecule has 88 valence electrons. The molecule has 0 aliphatic rings. The SMILES string of the molecule is CC(C)(C)SCc1cccc(N)c1C(=O)O. The molecule has 0 bridgehead atoms. The van der Waals surface area contributed by atoms with Gasteiger partial charge in [-0.3, -0.25) is 0 Å². The van der Waals surface area contributed by atoms with E-state index < -0.39 is 5.97 Å². The Morgan fingerprint density at radius 2 is 2.06 bits per heavy atom. The maximum absolute atomic E-state index is 11.1. The molecular weight excluding hydrogens is 222 g/mol. The minimum atomic E-state index is -0.956. The van der Waals surface area contributed by atoms with Crippen LogP contribution >= 0.6 is 11.8 Å². The third-order valence-corrected chi connectivity index (χ3v) is 3.38. The van der Waals surface area contributed by atoms with Crippen molar-refractivity contribution in [2.24, 2.45) is 0 Å². The predicted octanol–water partition coefficient (Wildman–Crippen LogP) is 3.00. The van der Waals surface area contributed by atoms with Crippen LogP contribution in [0.25, 0.3) is 0 Å². The average Bonchev–Trinajstić information content (AvgIpc) is 2.12. The fraction of sp³-hybridized carbons (Fsp3) is 0.417. The number of benzene rings is 1. The van der Waals surface area contributed by atoms with Crippen molar-refractivity contribution < 1.29 is 9.90 Å². The summed E-state index contributed by atoms with van der Waals surface area (Å²) in [6, 6.07) is 5.23. The predicted molar refractivity (Wildman–Crippen MR) is 68.9 cm³/mol. The second kappa shape index (κ2) is 4.78. The van der Waals surface area contributed by atoms with Crippen LogP contribution in [0.5, 0.6) is 0 Å². The molecule has 0 aliphatic heterocycles. The number of hydrogen-bond acceptors (Lipinski definition) is 3. The summed E-state index contributed by atoms with van der Waals surface area (Å²) < 4.78 is 0.111. The number of anilines is 1. The van der Waals surface area contributed by atoms with Gasteiger partial charge in [0.1, 0.15) is 0 Å². The monoisotopic (exact) mass is 239 g/mol. The second-order valence-corrected chi connectivity index (χ2v) is 6.39. The lowest BCUT2D eigenvalue weighted by Crippen LogP contribution is -2.10. The van der Waals surface area contributed by atoms with E-state index in [0.29, 0.717) is 11.4 Å². The average molecular weight is 239 g/mol. The van der Waals surface area contributed by atoms with Gasteiger partial charge < -0.3 is 10.8 Å². The van der Waals surface area contributed by atoms with Crippen molar-refractivity contribution in [3.8, 4) is 0 Å². The normalized spacial score (nSPS) is 11.4. The van der Waals surface area contributed by atoms with Gasteiger partial charge in [0, 0.05) is 16.2 Å². The van der Waals surface area contributed by atoms with Crippen LogP contribution in [0, 0.1) is 0 Å². The lowest BCUT2D eigenvalue weighted by Gasteiger charge is -2.18. The molecule has 0 heterocycles. The Morgan fingerprint density at radius 1 is 1.44 bits per heavy atom. The Balaban J connectivity index is 2.96. The number of thioether (sulfide) groups is 1. The summed E-state index contributed by atoms with van der Waals surface area (Å²) >= 11 is 1.71. The topological polar surface area (TPSA) is 63.3 Å². The van der Waals surface area contributed by atoms with Crippen LogP contribution in [0.1, 0.15) is 36.7 Å². The van der Waals surface area contributed by atoms with E-state index >= 15 is 0 Å². The molecule has 3 nitrogen and oxygen atoms in total. The summed E-state index contributed by atoms with van der Waals surface area (Å²) in [6.07, 6.45) is 0. The van der Waals surface area contributed by atoms with Gasteiger partial charge in [0.15, 0.2) is 0 Å². The van der Waals surface area contributed by atoms with Gasteiger partial charge in [-0.2, -0.15) is 11.8 Å². The molecule has 0 saturated carbocycles. The van der Waals surface area contributed by atoms with Crippen LogP contribution in [0.3, 0.4) is 0 Å². The maximum Gasteiger partial charge on any atom is 0.338 e. The van der Waals surface area contributed by atoms with E-state index in [2.05, 4.69) is 20.8 Å². The first kappa shape index (κ1) is 12.9. The van der Waals surface area contributed by atoms with Crippen LogP contribution in [0.2, 0.25) is 0 Å². The Labute approximate surface area is 100 Å². The zero-order chi connectivity index (χ0) is 12.3. The standard InChI is InChI=1S/C12H17NO2S/c1-12(2,3)16-7-8-5-4-6-9(13)10(8)11(14)15/h4-6H,7,13H2,1-3H3,(H,14,15). The number of carbonyl (C=O) groups is 1. The smallest absolute Gasteiger partial charge is 0.338 e. The Kier molecular flexibility index (Phi) is 3.86. The number of rotatable bonds is 3. The first-order valence-electron chi connectivity index (χ1n) is 5.06. The molecule has 3 N–H and O–H groups in total. The molecular formula is C12H17NO2S. The molecule has 0 saturated heterocycles. The van der Waals surface area contributed by atoms with Crippen molar-refractivity contribution >= 4 is 23.4 Å². The van der Waals surface area contributed by atoms with Crippen LogP contribution in [0.4, 0.5) is 5.69 Å². The molecule has 0 atom stereocenters. The van der Waals surface area contributed by atoms with Crippen LogP contribution < -0.4 is 5.73 Å². The number of aromatic carboxylic acids is 1. The van der Waals surface area contributed by atoms with E-state index in [9.17, 15) is 4.79 Å². The number of nitrogens with two attached hydrogens (primary N) is 1. The van der Waals surface area contributed by atoms with Gasteiger partial charge >= 0.3 is 5.97 Å². The summed E-state index contributed by atoms with van der Waals surface area (Å²) in [7, 11) is 0. The Morgan fingerprint density at radius 3 is 2.56 bits per heavy atom. The molecule has 0 spiro atoms. The third kappa shape index (κ3) is 3.45. The molecule has 0 aromatic heterocycles. The molecule has 0 unspecified atom stereocenters. The van der Waals surface area contributed by atoms with E-state index in [-0.39, 0.29) is 10.3 Å². The van der Waals surface area contributed by atoms with Gasteiger partial charge in [-0.15, -0.1) is 0 Å². The molecule has 4 heteroatoms. The highest BCUT2D eigenvalue weighted by Crippen LogP contribution is 2.29. The van der Waals surface area contributed by atoms with Crippen molar-refractivity contribution in [1.29, 1.82) is 0 Å². The van der Waals surface area contributed by atoms with Crippen LogP contribution in [-0.2, 0) is 5.75 Å². The largest absolute Gasteiger partial charge is 0.478 e. The highest BCUT2D eigenvalue weighted by Gasteiger charge is 2.16. The van der Waals surface area contributed by atoms with Gasteiger partial charge in [-0.25, -0.2) is 4.79 Å². The second-order valence-electron chi connectivity index (χ2n) is 4.59. The summed E-state index contributed by atoms with van der Waals surface area (Å²) in [4.78, 5) is 11.1. The van der Waals surface area contributed by atoms with E-state index in [0.717, 1.165) is 5.56 Å². The summed E-state index contributed by atoms with van der Waals surface area (Å²) in [5, 5.41) is 9.09. The number of carboxylic acid groups (broad SMARTS) is 1. The Hall–Kier alpha value is -1.16. The highest BCUT2D eigenvalue weighted by molar-refractivity contribution is 7.99. The molecule has 0 radical (unpaired) electrons. The van der Waals surface area contributed by atoms with E-state index in [4.69, 9.17) is 10.8 Å². The fourth-order valence-corrected chi connectivity index (χ4v) is 2.12. The van der Waals surface area contributed by atoms with Gasteiger partial charge in [0.2, 0.25) is 0 Å². The molecule has 0 fully saturated rings. The molecule has 1 aromatic rings. The minimum Gasteiger partial charge on any atom is -0.478 e. The molecule has 1 aromatic carbocycles. The van der Waals surface area contributed by atoms with Gasteiger partial charge in [0.05, 0.1) is 5.56 Å². The quantitative estimate of drug-likeness (QED) is 0.796. The zero-order valence-electron chi connectivity index (χ0n) is 9.78. The van der Waals surface area contributed by atoms with Crippen molar-refractivity contribution in [3.63, 3.8) is 0 Å².